The minimum Gasteiger partial charge on any atom is -0.364 e. The van der Waals surface area contributed by atoms with Crippen molar-refractivity contribution in [1.82, 2.24) is 4.98 Å². The molecule has 1 rings (SSSR count). The maximum Gasteiger partial charge on any atom is 0.268 e. The standard InChI is InChI=1S/C9H15N3OS/c1-5(2)7-6(8(10)13)11-9(14-7)12(3)4/h5H,1-4H3,(H2,10,13). The van der Waals surface area contributed by atoms with Gasteiger partial charge in [0.05, 0.1) is 0 Å². The Hall–Kier alpha value is -1.10. The smallest absolute Gasteiger partial charge is 0.268 e. The highest BCUT2D eigenvalue weighted by Crippen LogP contribution is 2.30. The third kappa shape index (κ3) is 2.04. The van der Waals surface area contributed by atoms with E-state index in [2.05, 4.69) is 4.98 Å². The van der Waals surface area contributed by atoms with E-state index in [4.69, 9.17) is 5.73 Å². The van der Waals surface area contributed by atoms with Crippen LogP contribution in [0.5, 0.6) is 0 Å². The van der Waals surface area contributed by atoms with Gasteiger partial charge in [0.15, 0.2) is 5.13 Å². The number of aromatic nitrogens is 1. The summed E-state index contributed by atoms with van der Waals surface area (Å²) in [4.78, 5) is 18.1. The van der Waals surface area contributed by atoms with Crippen molar-refractivity contribution in [2.75, 3.05) is 19.0 Å². The van der Waals surface area contributed by atoms with Crippen LogP contribution in [0.25, 0.3) is 0 Å². The molecule has 0 spiro atoms. The first-order valence-corrected chi connectivity index (χ1v) is 5.23. The Morgan fingerprint density at radius 3 is 2.36 bits per heavy atom. The van der Waals surface area contributed by atoms with Crippen LogP contribution in [0.3, 0.4) is 0 Å². The Kier molecular flexibility index (Phi) is 3.10. The Labute approximate surface area is 87.7 Å². The number of rotatable bonds is 3. The summed E-state index contributed by atoms with van der Waals surface area (Å²) in [5.41, 5.74) is 5.66. The van der Waals surface area contributed by atoms with Crippen LogP contribution in [0.15, 0.2) is 0 Å². The molecule has 78 valence electrons. The van der Waals surface area contributed by atoms with Gasteiger partial charge in [0.1, 0.15) is 5.69 Å². The molecule has 0 aliphatic rings. The van der Waals surface area contributed by atoms with Crippen LogP contribution in [-0.2, 0) is 0 Å². The summed E-state index contributed by atoms with van der Waals surface area (Å²) in [7, 11) is 3.79. The summed E-state index contributed by atoms with van der Waals surface area (Å²) in [6.07, 6.45) is 0. The number of primary amides is 1. The lowest BCUT2D eigenvalue weighted by molar-refractivity contribution is 0.0995. The number of hydrogen-bond donors (Lipinski definition) is 1. The van der Waals surface area contributed by atoms with Crippen molar-refractivity contribution in [1.29, 1.82) is 0 Å². The molecule has 0 saturated carbocycles. The summed E-state index contributed by atoms with van der Waals surface area (Å²) < 4.78 is 0. The van der Waals surface area contributed by atoms with E-state index in [-0.39, 0.29) is 5.92 Å². The first kappa shape index (κ1) is 11.0. The summed E-state index contributed by atoms with van der Waals surface area (Å²) in [6, 6.07) is 0. The van der Waals surface area contributed by atoms with E-state index in [9.17, 15) is 4.79 Å². The van der Waals surface area contributed by atoms with E-state index >= 15 is 0 Å². The third-order valence-corrected chi connectivity index (χ3v) is 3.31. The van der Waals surface area contributed by atoms with Gasteiger partial charge < -0.3 is 10.6 Å². The molecule has 1 aromatic rings. The lowest BCUT2D eigenvalue weighted by atomic mass is 10.1. The van der Waals surface area contributed by atoms with E-state index in [1.165, 1.54) is 11.3 Å². The summed E-state index contributed by atoms with van der Waals surface area (Å²) in [5.74, 6) is -0.165. The van der Waals surface area contributed by atoms with Crippen LogP contribution in [0.1, 0.15) is 35.1 Å². The van der Waals surface area contributed by atoms with Gasteiger partial charge in [-0.1, -0.05) is 13.8 Å². The van der Waals surface area contributed by atoms with Crippen molar-refractivity contribution in [2.45, 2.75) is 19.8 Å². The van der Waals surface area contributed by atoms with Gasteiger partial charge in [-0.05, 0) is 5.92 Å². The van der Waals surface area contributed by atoms with Gasteiger partial charge in [-0.25, -0.2) is 4.98 Å². The largest absolute Gasteiger partial charge is 0.364 e. The van der Waals surface area contributed by atoms with E-state index in [1.807, 2.05) is 32.8 Å². The van der Waals surface area contributed by atoms with Crippen LogP contribution in [-0.4, -0.2) is 25.0 Å². The second-order valence-electron chi connectivity index (χ2n) is 3.62. The zero-order valence-electron chi connectivity index (χ0n) is 8.87. The molecule has 4 nitrogen and oxygen atoms in total. The molecule has 0 fully saturated rings. The van der Waals surface area contributed by atoms with E-state index < -0.39 is 5.91 Å². The second-order valence-corrected chi connectivity index (χ2v) is 4.63. The molecule has 0 aliphatic carbocycles. The van der Waals surface area contributed by atoms with Crippen molar-refractivity contribution in [3.63, 3.8) is 0 Å². The average molecular weight is 213 g/mol. The van der Waals surface area contributed by atoms with Gasteiger partial charge in [0.25, 0.3) is 5.91 Å². The molecule has 0 aliphatic heterocycles. The summed E-state index contributed by atoms with van der Waals surface area (Å²) >= 11 is 1.52. The molecule has 0 saturated heterocycles. The van der Waals surface area contributed by atoms with Crippen molar-refractivity contribution < 1.29 is 4.79 Å². The molecule has 5 heteroatoms. The van der Waals surface area contributed by atoms with Gasteiger partial charge in [-0.2, -0.15) is 0 Å². The fourth-order valence-electron chi connectivity index (χ4n) is 1.08. The second kappa shape index (κ2) is 3.96. The predicted molar refractivity (Wildman–Crippen MR) is 59.0 cm³/mol. The van der Waals surface area contributed by atoms with Gasteiger partial charge in [-0.15, -0.1) is 11.3 Å². The number of carbonyl (C=O) groups is 1. The Balaban J connectivity index is 3.19. The average Bonchev–Trinajstić information content (AvgIpc) is 2.47. The normalized spacial score (nSPS) is 10.6. The van der Waals surface area contributed by atoms with Gasteiger partial charge in [0.2, 0.25) is 0 Å². The Morgan fingerprint density at radius 2 is 2.07 bits per heavy atom. The maximum atomic E-state index is 11.1. The Morgan fingerprint density at radius 1 is 1.50 bits per heavy atom. The lowest BCUT2D eigenvalue weighted by Crippen LogP contribution is -2.15. The minimum atomic E-state index is -0.446. The molecular weight excluding hydrogens is 198 g/mol. The van der Waals surface area contributed by atoms with Crippen molar-refractivity contribution in [3.8, 4) is 0 Å². The molecule has 2 N–H and O–H groups in total. The number of nitrogens with zero attached hydrogens (tertiary/aromatic N) is 2. The summed E-state index contributed by atoms with van der Waals surface area (Å²) in [5, 5.41) is 0.822. The highest BCUT2D eigenvalue weighted by molar-refractivity contribution is 7.16. The first-order chi connectivity index (χ1) is 6.43. The molecular formula is C9H15N3OS. The van der Waals surface area contributed by atoms with Gasteiger partial charge in [0, 0.05) is 19.0 Å². The summed E-state index contributed by atoms with van der Waals surface area (Å²) in [6.45, 7) is 4.05. The van der Waals surface area contributed by atoms with Gasteiger partial charge in [-0.3, -0.25) is 4.79 Å². The highest BCUT2D eigenvalue weighted by Gasteiger charge is 2.18. The van der Waals surface area contributed by atoms with E-state index in [1.54, 1.807) is 0 Å². The molecule has 1 amide bonds. The number of nitrogens with two attached hydrogens (primary N) is 1. The zero-order chi connectivity index (χ0) is 10.9. The lowest BCUT2D eigenvalue weighted by Gasteiger charge is -2.05. The molecule has 1 aromatic heterocycles. The quantitative estimate of drug-likeness (QED) is 0.826. The zero-order valence-corrected chi connectivity index (χ0v) is 9.68. The third-order valence-electron chi connectivity index (χ3n) is 1.78. The van der Waals surface area contributed by atoms with Crippen LogP contribution >= 0.6 is 11.3 Å². The van der Waals surface area contributed by atoms with Crippen molar-refractivity contribution in [2.24, 2.45) is 5.73 Å². The molecule has 0 bridgehead atoms. The minimum absolute atomic E-state index is 0.281. The van der Waals surface area contributed by atoms with Gasteiger partial charge >= 0.3 is 0 Å². The van der Waals surface area contributed by atoms with Crippen LogP contribution in [0.4, 0.5) is 5.13 Å². The molecule has 0 aromatic carbocycles. The first-order valence-electron chi connectivity index (χ1n) is 4.41. The topological polar surface area (TPSA) is 59.2 Å². The van der Waals surface area contributed by atoms with Crippen molar-refractivity contribution in [3.05, 3.63) is 10.6 Å². The fraction of sp³-hybridized carbons (Fsp3) is 0.556. The van der Waals surface area contributed by atoms with Crippen molar-refractivity contribution >= 4 is 22.4 Å². The number of amides is 1. The molecule has 14 heavy (non-hydrogen) atoms. The maximum absolute atomic E-state index is 11.1. The SMILES string of the molecule is CC(C)c1sc(N(C)C)nc1C(N)=O. The van der Waals surface area contributed by atoms with Crippen LogP contribution < -0.4 is 10.6 Å². The monoisotopic (exact) mass is 213 g/mol. The molecule has 1 heterocycles. The van der Waals surface area contributed by atoms with Crippen LogP contribution in [0.2, 0.25) is 0 Å². The predicted octanol–water partition coefficient (Wildman–Crippen LogP) is 1.43. The molecule has 0 unspecified atom stereocenters. The van der Waals surface area contributed by atoms with E-state index in [0.717, 1.165) is 10.0 Å². The van der Waals surface area contributed by atoms with E-state index in [0.29, 0.717) is 5.69 Å². The Bertz CT molecular complexity index is 344. The molecule has 0 atom stereocenters. The molecule has 0 radical (unpaired) electrons. The number of thiazole rings is 1. The highest BCUT2D eigenvalue weighted by atomic mass is 32.1. The number of carbonyl (C=O) groups excluding carboxylic acids is 1. The fourth-order valence-corrected chi connectivity index (χ4v) is 2.07. The number of anilines is 1. The number of hydrogen-bond acceptors (Lipinski definition) is 4. The van der Waals surface area contributed by atoms with Crippen LogP contribution in [0, 0.1) is 0 Å².